The van der Waals surface area contributed by atoms with Crippen LogP contribution in [0, 0.1) is 0 Å². The monoisotopic (exact) mass is 222 g/mol. The van der Waals surface area contributed by atoms with E-state index in [2.05, 4.69) is 0 Å². The molecule has 1 aromatic rings. The fourth-order valence-corrected chi connectivity index (χ4v) is 1.39. The van der Waals surface area contributed by atoms with Crippen molar-refractivity contribution < 1.29 is 14.3 Å². The van der Waals surface area contributed by atoms with Gasteiger partial charge in [0.15, 0.2) is 5.78 Å². The minimum absolute atomic E-state index is 0.0988. The minimum Gasteiger partial charge on any atom is -0.497 e. The van der Waals surface area contributed by atoms with Crippen molar-refractivity contribution in [2.24, 2.45) is 0 Å². The van der Waals surface area contributed by atoms with Crippen molar-refractivity contribution in [1.29, 1.82) is 0 Å². The average Bonchev–Trinajstić information content (AvgIpc) is 2.29. The summed E-state index contributed by atoms with van der Waals surface area (Å²) in [5.41, 5.74) is 0.962. The standard InChI is InChI=1S/C13H18O3/c1-3-7-16-10-12(14)8-11-5-4-6-13(9-11)15-2/h4-6,9H,3,7-8,10H2,1-2H3. The summed E-state index contributed by atoms with van der Waals surface area (Å²) in [6.45, 7) is 2.86. The molecular weight excluding hydrogens is 204 g/mol. The van der Waals surface area contributed by atoms with E-state index >= 15 is 0 Å². The molecular formula is C13H18O3. The highest BCUT2D eigenvalue weighted by atomic mass is 16.5. The molecule has 0 radical (unpaired) electrons. The Labute approximate surface area is 96.4 Å². The van der Waals surface area contributed by atoms with Gasteiger partial charge in [0.25, 0.3) is 0 Å². The van der Waals surface area contributed by atoms with E-state index in [9.17, 15) is 4.79 Å². The lowest BCUT2D eigenvalue weighted by molar-refractivity contribution is -0.122. The third-order valence-electron chi connectivity index (χ3n) is 2.15. The summed E-state index contributed by atoms with van der Waals surface area (Å²) in [6, 6.07) is 7.54. The van der Waals surface area contributed by atoms with Crippen LogP contribution in [0.3, 0.4) is 0 Å². The molecule has 0 saturated heterocycles. The van der Waals surface area contributed by atoms with Crippen molar-refractivity contribution in [3.8, 4) is 5.75 Å². The summed E-state index contributed by atoms with van der Waals surface area (Å²) in [5, 5.41) is 0. The summed E-state index contributed by atoms with van der Waals surface area (Å²) in [7, 11) is 1.62. The van der Waals surface area contributed by atoms with Gasteiger partial charge in [0.1, 0.15) is 12.4 Å². The molecule has 0 atom stereocenters. The zero-order chi connectivity index (χ0) is 11.8. The number of carbonyl (C=O) groups excluding carboxylic acids is 1. The molecule has 3 nitrogen and oxygen atoms in total. The summed E-state index contributed by atoms with van der Waals surface area (Å²) in [4.78, 5) is 11.5. The molecule has 0 fully saturated rings. The Morgan fingerprint density at radius 2 is 2.19 bits per heavy atom. The number of benzene rings is 1. The first-order chi connectivity index (χ1) is 7.76. The Hall–Kier alpha value is -1.35. The molecule has 0 spiro atoms. The van der Waals surface area contributed by atoms with Crippen LogP contribution in [0.15, 0.2) is 24.3 Å². The lowest BCUT2D eigenvalue weighted by Crippen LogP contribution is -2.11. The van der Waals surface area contributed by atoms with Crippen LogP contribution in [0.4, 0.5) is 0 Å². The Morgan fingerprint density at radius 1 is 1.38 bits per heavy atom. The predicted molar refractivity (Wildman–Crippen MR) is 62.8 cm³/mol. The molecule has 1 aromatic carbocycles. The highest BCUT2D eigenvalue weighted by Crippen LogP contribution is 2.13. The summed E-state index contributed by atoms with van der Waals surface area (Å²) in [5.74, 6) is 0.876. The molecule has 0 N–H and O–H groups in total. The number of carbonyl (C=O) groups is 1. The first kappa shape index (κ1) is 12.7. The van der Waals surface area contributed by atoms with Gasteiger partial charge in [-0.15, -0.1) is 0 Å². The maximum absolute atomic E-state index is 11.5. The van der Waals surface area contributed by atoms with Crippen molar-refractivity contribution in [3.05, 3.63) is 29.8 Å². The molecule has 88 valence electrons. The maximum atomic E-state index is 11.5. The molecule has 0 aliphatic heterocycles. The van der Waals surface area contributed by atoms with Crippen molar-refractivity contribution in [3.63, 3.8) is 0 Å². The van der Waals surface area contributed by atoms with Crippen LogP contribution in [-0.2, 0) is 16.0 Å². The van der Waals surface area contributed by atoms with Crippen LogP contribution in [0.2, 0.25) is 0 Å². The van der Waals surface area contributed by atoms with Crippen molar-refractivity contribution in [1.82, 2.24) is 0 Å². The van der Waals surface area contributed by atoms with E-state index < -0.39 is 0 Å². The molecule has 0 unspecified atom stereocenters. The third kappa shape index (κ3) is 4.45. The van der Waals surface area contributed by atoms with Gasteiger partial charge in [-0.05, 0) is 24.1 Å². The van der Waals surface area contributed by atoms with Gasteiger partial charge in [-0.1, -0.05) is 19.1 Å². The van der Waals surface area contributed by atoms with Gasteiger partial charge < -0.3 is 9.47 Å². The smallest absolute Gasteiger partial charge is 0.162 e. The molecule has 0 aliphatic carbocycles. The molecule has 1 rings (SSSR count). The Kier molecular flexibility index (Phi) is 5.57. The first-order valence-electron chi connectivity index (χ1n) is 5.48. The second kappa shape index (κ2) is 7.01. The minimum atomic E-state index is 0.0988. The Bertz CT molecular complexity index is 334. The van der Waals surface area contributed by atoms with Crippen LogP contribution in [0.1, 0.15) is 18.9 Å². The quantitative estimate of drug-likeness (QED) is 0.664. The van der Waals surface area contributed by atoms with Gasteiger partial charge in [-0.25, -0.2) is 0 Å². The molecule has 0 bridgehead atoms. The molecule has 0 aliphatic rings. The van der Waals surface area contributed by atoms with Gasteiger partial charge in [0, 0.05) is 13.0 Å². The zero-order valence-corrected chi connectivity index (χ0v) is 9.86. The van der Waals surface area contributed by atoms with E-state index in [-0.39, 0.29) is 12.4 Å². The third-order valence-corrected chi connectivity index (χ3v) is 2.15. The van der Waals surface area contributed by atoms with Crippen molar-refractivity contribution in [2.75, 3.05) is 20.3 Å². The number of rotatable bonds is 7. The van der Waals surface area contributed by atoms with Gasteiger partial charge in [-0.3, -0.25) is 4.79 Å². The van der Waals surface area contributed by atoms with E-state index in [1.807, 2.05) is 31.2 Å². The summed E-state index contributed by atoms with van der Waals surface area (Å²) >= 11 is 0. The van der Waals surface area contributed by atoms with Crippen molar-refractivity contribution in [2.45, 2.75) is 19.8 Å². The van der Waals surface area contributed by atoms with E-state index in [4.69, 9.17) is 9.47 Å². The van der Waals surface area contributed by atoms with Crippen LogP contribution < -0.4 is 4.74 Å². The Balaban J connectivity index is 2.43. The lowest BCUT2D eigenvalue weighted by atomic mass is 10.1. The summed E-state index contributed by atoms with van der Waals surface area (Å²) < 4.78 is 10.3. The molecule has 0 aromatic heterocycles. The second-order valence-corrected chi connectivity index (χ2v) is 3.62. The number of methoxy groups -OCH3 is 1. The average molecular weight is 222 g/mol. The predicted octanol–water partition coefficient (Wildman–Crippen LogP) is 2.23. The highest BCUT2D eigenvalue weighted by Gasteiger charge is 2.04. The highest BCUT2D eigenvalue weighted by molar-refractivity contribution is 5.82. The number of ketones is 1. The molecule has 3 heteroatoms. The van der Waals surface area contributed by atoms with Crippen LogP contribution in [-0.4, -0.2) is 26.1 Å². The molecule has 16 heavy (non-hydrogen) atoms. The van der Waals surface area contributed by atoms with Crippen molar-refractivity contribution >= 4 is 5.78 Å². The van der Waals surface area contributed by atoms with E-state index in [1.165, 1.54) is 0 Å². The molecule has 0 amide bonds. The Morgan fingerprint density at radius 3 is 2.88 bits per heavy atom. The van der Waals surface area contributed by atoms with Crippen LogP contribution >= 0.6 is 0 Å². The largest absolute Gasteiger partial charge is 0.497 e. The zero-order valence-electron chi connectivity index (χ0n) is 9.86. The van der Waals surface area contributed by atoms with Crippen LogP contribution in [0.25, 0.3) is 0 Å². The lowest BCUT2D eigenvalue weighted by Gasteiger charge is -2.04. The number of hydrogen-bond donors (Lipinski definition) is 0. The molecule has 0 saturated carbocycles. The van der Waals surface area contributed by atoms with Gasteiger partial charge in [0.2, 0.25) is 0 Å². The second-order valence-electron chi connectivity index (χ2n) is 3.62. The van der Waals surface area contributed by atoms with Gasteiger partial charge in [-0.2, -0.15) is 0 Å². The maximum Gasteiger partial charge on any atom is 0.162 e. The summed E-state index contributed by atoms with van der Waals surface area (Å²) in [6.07, 6.45) is 1.34. The normalized spacial score (nSPS) is 10.1. The number of Topliss-reactive ketones (excluding diaryl/α,β-unsaturated/α-hetero) is 1. The molecule has 0 heterocycles. The topological polar surface area (TPSA) is 35.5 Å². The number of hydrogen-bond acceptors (Lipinski definition) is 3. The van der Waals surface area contributed by atoms with E-state index in [1.54, 1.807) is 7.11 Å². The fourth-order valence-electron chi connectivity index (χ4n) is 1.39. The fraction of sp³-hybridized carbons (Fsp3) is 0.462. The van der Waals surface area contributed by atoms with E-state index in [0.717, 1.165) is 17.7 Å². The number of ether oxygens (including phenoxy) is 2. The van der Waals surface area contributed by atoms with Crippen LogP contribution in [0.5, 0.6) is 5.75 Å². The van der Waals surface area contributed by atoms with Gasteiger partial charge in [0.05, 0.1) is 7.11 Å². The van der Waals surface area contributed by atoms with Gasteiger partial charge >= 0.3 is 0 Å². The van der Waals surface area contributed by atoms with E-state index in [0.29, 0.717) is 13.0 Å². The SMILES string of the molecule is CCCOCC(=O)Cc1cccc(OC)c1. The first-order valence-corrected chi connectivity index (χ1v) is 5.48.